The molecule has 0 radical (unpaired) electrons. The fourth-order valence-corrected chi connectivity index (χ4v) is 0.746. The average molecular weight is 164 g/mol. The second-order valence-corrected chi connectivity index (χ2v) is 2.11. The average Bonchev–Trinajstić information content (AvgIpc) is 2.21. The molecule has 12 heavy (non-hydrogen) atoms. The van der Waals surface area contributed by atoms with Crippen molar-refractivity contribution in [3.05, 3.63) is 36.1 Å². The quantitative estimate of drug-likeness (QED) is 0.618. The highest BCUT2D eigenvalue weighted by molar-refractivity contribution is 5.62. The first kappa shape index (κ1) is 8.98. The second kappa shape index (κ2) is 6.59. The molecular weight excluding hydrogens is 146 g/mol. The van der Waals surface area contributed by atoms with Crippen LogP contribution in [0.5, 0.6) is 0 Å². The number of allylic oxidation sites excluding steroid dienone is 2. The van der Waals surface area contributed by atoms with Gasteiger partial charge in [-0.2, -0.15) is 0 Å². The Morgan fingerprint density at radius 3 is 2.33 bits per heavy atom. The first-order valence-corrected chi connectivity index (χ1v) is 4.26. The second-order valence-electron chi connectivity index (χ2n) is 2.11. The van der Waals surface area contributed by atoms with Gasteiger partial charge >= 0.3 is 0 Å². The minimum absolute atomic E-state index is 0.608. The molecule has 0 N–H and O–H groups in total. The molecule has 0 aliphatic carbocycles. The van der Waals surface area contributed by atoms with Gasteiger partial charge in [0, 0.05) is 12.4 Å². The van der Waals surface area contributed by atoms with E-state index in [0.717, 1.165) is 11.1 Å². The third-order valence-electron chi connectivity index (χ3n) is 1.49. The summed E-state index contributed by atoms with van der Waals surface area (Å²) in [6, 6.07) is 4.43. The van der Waals surface area contributed by atoms with E-state index in [-0.39, 0.29) is 0 Å². The first-order valence-electron chi connectivity index (χ1n) is 4.76. The highest BCUT2D eigenvalue weighted by Crippen LogP contribution is 2.10. The van der Waals surface area contributed by atoms with Crippen LogP contribution in [0.4, 0.5) is 0 Å². The summed E-state index contributed by atoms with van der Waals surface area (Å²) in [7, 11) is 0. The summed E-state index contributed by atoms with van der Waals surface area (Å²) in [6.07, 6.45) is 3.48. The van der Waals surface area contributed by atoms with Crippen LogP contribution in [0.2, 0.25) is 0 Å². The topological polar surface area (TPSA) is 12.9 Å². The van der Waals surface area contributed by atoms with Gasteiger partial charge in [-0.3, -0.25) is 4.98 Å². The minimum Gasteiger partial charge on any atom is -0.265 e. The summed E-state index contributed by atoms with van der Waals surface area (Å²) >= 11 is 0. The van der Waals surface area contributed by atoms with E-state index in [2.05, 4.69) is 4.98 Å². The molecule has 1 aromatic rings. The molecule has 0 spiro atoms. The van der Waals surface area contributed by atoms with Gasteiger partial charge in [-0.15, -0.1) is 0 Å². The lowest BCUT2D eigenvalue weighted by Gasteiger charge is -1.96. The Labute approximate surface area is 76.6 Å². The number of rotatable bonds is 1. The monoisotopic (exact) mass is 164 g/mol. The summed E-state index contributed by atoms with van der Waals surface area (Å²) < 4.78 is 7.38. The van der Waals surface area contributed by atoms with Crippen LogP contribution in [0.25, 0.3) is 5.57 Å². The Kier molecular flexibility index (Phi) is 4.93. The minimum atomic E-state index is 0.608. The van der Waals surface area contributed by atoms with Crippen LogP contribution < -0.4 is 0 Å². The molecule has 0 aromatic carbocycles. The third-order valence-corrected chi connectivity index (χ3v) is 1.49. The molecule has 1 heterocycles. The van der Waals surface area contributed by atoms with Crippen LogP contribution in [0.3, 0.4) is 0 Å². The van der Waals surface area contributed by atoms with E-state index in [0.29, 0.717) is 6.05 Å². The Morgan fingerprint density at radius 2 is 1.92 bits per heavy atom. The van der Waals surface area contributed by atoms with Crippen LogP contribution in [0, 0.1) is 0 Å². The van der Waals surface area contributed by atoms with Gasteiger partial charge in [0.15, 0.2) is 0 Å². The van der Waals surface area contributed by atoms with Crippen LogP contribution in [0.15, 0.2) is 30.6 Å². The smallest absolute Gasteiger partial charge is 0.0576 e. The summed E-state index contributed by atoms with van der Waals surface area (Å²) in [5.74, 6) is 0. The predicted molar refractivity (Wildman–Crippen MR) is 54.9 cm³/mol. The zero-order valence-corrected chi connectivity index (χ0v) is 8.26. The SMILES string of the molecule is CC.[2H]C(C)=C(C)c1ccncc1. The molecule has 1 nitrogen and oxygen atoms in total. The number of hydrogen-bond acceptors (Lipinski definition) is 1. The molecule has 0 fully saturated rings. The molecule has 0 bridgehead atoms. The lowest BCUT2D eigenvalue weighted by atomic mass is 10.1. The standard InChI is InChI=1S/C9H11N.C2H6/c1-3-8(2)9-4-6-10-7-5-9;1-2/h3-7H,1-2H3;1-2H3/i3D;. The summed E-state index contributed by atoms with van der Waals surface area (Å²) in [5, 5.41) is 0. The molecule has 0 saturated heterocycles. The van der Waals surface area contributed by atoms with Crippen molar-refractivity contribution < 1.29 is 1.37 Å². The van der Waals surface area contributed by atoms with Crippen molar-refractivity contribution in [2.24, 2.45) is 0 Å². The molecular formula is C11H17N. The molecule has 1 heteroatoms. The van der Waals surface area contributed by atoms with E-state index < -0.39 is 0 Å². The maximum Gasteiger partial charge on any atom is 0.0576 e. The van der Waals surface area contributed by atoms with Crippen molar-refractivity contribution in [3.8, 4) is 0 Å². The zero-order chi connectivity index (χ0) is 10.3. The van der Waals surface area contributed by atoms with Gasteiger partial charge in [-0.05, 0) is 37.1 Å². The van der Waals surface area contributed by atoms with Gasteiger partial charge in [0.05, 0.1) is 1.37 Å². The zero-order valence-electron chi connectivity index (χ0n) is 9.26. The molecule has 66 valence electrons. The Bertz CT molecular complexity index is 261. The van der Waals surface area contributed by atoms with Crippen LogP contribution >= 0.6 is 0 Å². The van der Waals surface area contributed by atoms with Crippen molar-refractivity contribution in [3.63, 3.8) is 0 Å². The molecule has 0 amide bonds. The van der Waals surface area contributed by atoms with Crippen LogP contribution in [0.1, 0.15) is 34.6 Å². The fourth-order valence-electron chi connectivity index (χ4n) is 0.746. The van der Waals surface area contributed by atoms with Gasteiger partial charge in [0.2, 0.25) is 0 Å². The lowest BCUT2D eigenvalue weighted by Crippen LogP contribution is -1.77. The van der Waals surface area contributed by atoms with E-state index in [4.69, 9.17) is 1.37 Å². The highest BCUT2D eigenvalue weighted by atomic mass is 14.6. The largest absolute Gasteiger partial charge is 0.265 e. The molecule has 0 atom stereocenters. The van der Waals surface area contributed by atoms with E-state index in [9.17, 15) is 0 Å². The molecule has 1 rings (SSSR count). The van der Waals surface area contributed by atoms with Gasteiger partial charge in [0.1, 0.15) is 0 Å². The molecule has 0 aliphatic rings. The fraction of sp³-hybridized carbons (Fsp3) is 0.364. The Morgan fingerprint density at radius 1 is 1.42 bits per heavy atom. The van der Waals surface area contributed by atoms with E-state index in [1.807, 2.05) is 32.9 Å². The predicted octanol–water partition coefficient (Wildman–Crippen LogP) is 3.53. The van der Waals surface area contributed by atoms with Crippen molar-refractivity contribution >= 4 is 5.57 Å². The van der Waals surface area contributed by atoms with Gasteiger partial charge in [-0.25, -0.2) is 0 Å². The molecule has 1 aromatic heterocycles. The van der Waals surface area contributed by atoms with Gasteiger partial charge in [0.25, 0.3) is 0 Å². The lowest BCUT2D eigenvalue weighted by molar-refractivity contribution is 1.31. The maximum absolute atomic E-state index is 7.38. The van der Waals surface area contributed by atoms with Crippen molar-refractivity contribution in [1.29, 1.82) is 0 Å². The third kappa shape index (κ3) is 3.33. The van der Waals surface area contributed by atoms with E-state index in [1.165, 1.54) is 0 Å². The number of aromatic nitrogens is 1. The number of hydrogen-bond donors (Lipinski definition) is 0. The highest BCUT2D eigenvalue weighted by Gasteiger charge is 1.89. The van der Waals surface area contributed by atoms with Crippen molar-refractivity contribution in [2.75, 3.05) is 0 Å². The summed E-state index contributed by atoms with van der Waals surface area (Å²) in [6.45, 7) is 7.73. The summed E-state index contributed by atoms with van der Waals surface area (Å²) in [4.78, 5) is 3.90. The maximum atomic E-state index is 7.38. The van der Waals surface area contributed by atoms with E-state index >= 15 is 0 Å². The van der Waals surface area contributed by atoms with Crippen molar-refractivity contribution in [1.82, 2.24) is 4.98 Å². The molecule has 0 unspecified atom stereocenters. The molecule has 0 aliphatic heterocycles. The number of nitrogens with zero attached hydrogens (tertiary/aromatic N) is 1. The Hall–Kier alpha value is -1.11. The summed E-state index contributed by atoms with van der Waals surface area (Å²) in [5.41, 5.74) is 2.08. The van der Waals surface area contributed by atoms with E-state index in [1.54, 1.807) is 19.3 Å². The van der Waals surface area contributed by atoms with Gasteiger partial charge in [-0.1, -0.05) is 19.9 Å². The van der Waals surface area contributed by atoms with Crippen molar-refractivity contribution in [2.45, 2.75) is 27.7 Å². The van der Waals surface area contributed by atoms with Gasteiger partial charge < -0.3 is 0 Å². The molecule has 0 saturated carbocycles. The van der Waals surface area contributed by atoms with Crippen LogP contribution in [-0.2, 0) is 0 Å². The first-order chi connectivity index (χ1) is 6.22. The number of pyridine rings is 1. The normalized spacial score (nSPS) is 12.2. The Balaban J connectivity index is 0.000000671. The van der Waals surface area contributed by atoms with Crippen LogP contribution in [-0.4, -0.2) is 4.98 Å².